The van der Waals surface area contributed by atoms with Gasteiger partial charge >= 0.3 is 0 Å². The summed E-state index contributed by atoms with van der Waals surface area (Å²) in [6.45, 7) is 2.12. The molecule has 0 bridgehead atoms. The molecule has 0 unspecified atom stereocenters. The third-order valence-corrected chi connectivity index (χ3v) is 2.74. The molecule has 0 fully saturated rings. The van der Waals surface area contributed by atoms with Gasteiger partial charge in [-0.25, -0.2) is 0 Å². The van der Waals surface area contributed by atoms with Crippen molar-refractivity contribution in [2.75, 3.05) is 7.11 Å². The van der Waals surface area contributed by atoms with Gasteiger partial charge in [-0.2, -0.15) is 0 Å². The summed E-state index contributed by atoms with van der Waals surface area (Å²) in [5, 5.41) is 1.72. The van der Waals surface area contributed by atoms with Crippen molar-refractivity contribution in [2.24, 2.45) is 0 Å². The molecule has 0 saturated heterocycles. The average molecular weight is 217 g/mol. The van der Waals surface area contributed by atoms with E-state index in [0.29, 0.717) is 0 Å². The second kappa shape index (κ2) is 4.39. The minimum Gasteiger partial charge on any atom is -0.496 e. The van der Waals surface area contributed by atoms with Crippen LogP contribution >= 0.6 is 0 Å². The molecule has 0 aliphatic heterocycles. The molecule has 0 spiro atoms. The third kappa shape index (κ3) is 1.69. The number of nitrogens with one attached hydrogen (secondary N) is 1. The van der Waals surface area contributed by atoms with Crippen LogP contribution in [-0.2, 0) is 6.42 Å². The summed E-state index contributed by atoms with van der Waals surface area (Å²) >= 11 is 0. The van der Waals surface area contributed by atoms with Crippen LogP contribution in [0.5, 0.6) is 5.75 Å². The summed E-state index contributed by atoms with van der Waals surface area (Å²) in [7, 11) is 1.66. The molecular weight excluding hydrogens is 202 g/mol. The third-order valence-electron chi connectivity index (χ3n) is 2.74. The van der Waals surface area contributed by atoms with E-state index in [2.05, 4.69) is 11.9 Å². The molecule has 1 heterocycles. The van der Waals surface area contributed by atoms with Gasteiger partial charge < -0.3 is 9.72 Å². The fraction of sp³-hybridized carbons (Fsp3) is 0.308. The highest BCUT2D eigenvalue weighted by atomic mass is 16.5. The molecule has 3 heteroatoms. The maximum Gasteiger partial charge on any atom is 0.255 e. The molecule has 1 N–H and O–H groups in total. The Morgan fingerprint density at radius 3 is 2.75 bits per heavy atom. The van der Waals surface area contributed by atoms with E-state index in [1.165, 1.54) is 0 Å². The van der Waals surface area contributed by atoms with E-state index >= 15 is 0 Å². The molecule has 0 radical (unpaired) electrons. The van der Waals surface area contributed by atoms with Gasteiger partial charge in [0.05, 0.1) is 7.11 Å². The van der Waals surface area contributed by atoms with Crippen molar-refractivity contribution >= 4 is 10.8 Å². The lowest BCUT2D eigenvalue weighted by Crippen LogP contribution is -2.06. The maximum atomic E-state index is 11.6. The number of hydrogen-bond donors (Lipinski definition) is 1. The zero-order chi connectivity index (χ0) is 11.5. The van der Waals surface area contributed by atoms with Gasteiger partial charge in [0.2, 0.25) is 0 Å². The van der Waals surface area contributed by atoms with Crippen LogP contribution in [0.25, 0.3) is 10.8 Å². The van der Waals surface area contributed by atoms with E-state index in [1.54, 1.807) is 13.3 Å². The average Bonchev–Trinajstić information content (AvgIpc) is 2.30. The quantitative estimate of drug-likeness (QED) is 0.858. The highest BCUT2D eigenvalue weighted by Crippen LogP contribution is 2.27. The van der Waals surface area contributed by atoms with Crippen molar-refractivity contribution in [3.05, 3.63) is 40.3 Å². The second-order valence-electron chi connectivity index (χ2n) is 3.76. The number of fused-ring (bicyclic) bond motifs is 1. The van der Waals surface area contributed by atoms with Gasteiger partial charge in [-0.15, -0.1) is 0 Å². The standard InChI is InChI=1S/C13H15NO2/c1-3-4-10-9-7-8-14-13(15)11(9)5-6-12(10)16-2/h5-8H,3-4H2,1-2H3,(H,14,15). The summed E-state index contributed by atoms with van der Waals surface area (Å²) < 4.78 is 5.33. The Morgan fingerprint density at radius 1 is 1.25 bits per heavy atom. The van der Waals surface area contributed by atoms with Crippen molar-refractivity contribution in [2.45, 2.75) is 19.8 Å². The first-order valence-corrected chi connectivity index (χ1v) is 5.45. The van der Waals surface area contributed by atoms with Gasteiger partial charge in [-0.3, -0.25) is 4.79 Å². The topological polar surface area (TPSA) is 42.1 Å². The molecule has 84 valence electrons. The molecule has 1 aromatic carbocycles. The van der Waals surface area contributed by atoms with Crippen LogP contribution in [0, 0.1) is 0 Å². The first-order chi connectivity index (χ1) is 7.77. The Balaban J connectivity index is 2.78. The van der Waals surface area contributed by atoms with Crippen LogP contribution in [0.4, 0.5) is 0 Å². The summed E-state index contributed by atoms with van der Waals surface area (Å²) in [6.07, 6.45) is 3.63. The molecule has 3 nitrogen and oxygen atoms in total. The maximum absolute atomic E-state index is 11.6. The van der Waals surface area contributed by atoms with Gasteiger partial charge in [0.15, 0.2) is 0 Å². The zero-order valence-electron chi connectivity index (χ0n) is 9.54. The second-order valence-corrected chi connectivity index (χ2v) is 3.76. The largest absolute Gasteiger partial charge is 0.496 e. The van der Waals surface area contributed by atoms with Crippen molar-refractivity contribution in [1.29, 1.82) is 0 Å². The molecule has 0 aliphatic carbocycles. The van der Waals surface area contributed by atoms with Gasteiger partial charge in [0.25, 0.3) is 5.56 Å². The number of ether oxygens (including phenoxy) is 1. The first kappa shape index (κ1) is 10.7. The number of aryl methyl sites for hydroxylation is 1. The molecule has 0 aliphatic rings. The van der Waals surface area contributed by atoms with Crippen LogP contribution < -0.4 is 10.3 Å². The van der Waals surface area contributed by atoms with Crippen molar-refractivity contribution in [3.63, 3.8) is 0 Å². The highest BCUT2D eigenvalue weighted by molar-refractivity contribution is 5.86. The van der Waals surface area contributed by atoms with Crippen molar-refractivity contribution in [3.8, 4) is 5.75 Å². The van der Waals surface area contributed by atoms with E-state index in [0.717, 1.165) is 34.9 Å². The number of methoxy groups -OCH3 is 1. The van der Waals surface area contributed by atoms with Crippen LogP contribution in [0.1, 0.15) is 18.9 Å². The van der Waals surface area contributed by atoms with E-state index in [9.17, 15) is 4.79 Å². The van der Waals surface area contributed by atoms with E-state index < -0.39 is 0 Å². The van der Waals surface area contributed by atoms with Crippen LogP contribution in [0.3, 0.4) is 0 Å². The summed E-state index contributed by atoms with van der Waals surface area (Å²) in [5.74, 6) is 0.861. The van der Waals surface area contributed by atoms with Crippen LogP contribution in [0.15, 0.2) is 29.2 Å². The van der Waals surface area contributed by atoms with Gasteiger partial charge in [0.1, 0.15) is 5.75 Å². The number of hydrogen-bond acceptors (Lipinski definition) is 2. The van der Waals surface area contributed by atoms with Gasteiger partial charge in [0, 0.05) is 17.1 Å². The fourth-order valence-electron chi connectivity index (χ4n) is 2.01. The number of H-pyrrole nitrogens is 1. The van der Waals surface area contributed by atoms with Gasteiger partial charge in [-0.05, 0) is 30.0 Å². The van der Waals surface area contributed by atoms with Gasteiger partial charge in [-0.1, -0.05) is 13.3 Å². The Kier molecular flexibility index (Phi) is 2.95. The number of benzene rings is 1. The smallest absolute Gasteiger partial charge is 0.255 e. The van der Waals surface area contributed by atoms with Crippen LogP contribution in [-0.4, -0.2) is 12.1 Å². The highest BCUT2D eigenvalue weighted by Gasteiger charge is 2.08. The predicted molar refractivity (Wildman–Crippen MR) is 65.1 cm³/mol. The molecule has 1 aromatic heterocycles. The number of rotatable bonds is 3. The zero-order valence-corrected chi connectivity index (χ0v) is 9.54. The Morgan fingerprint density at radius 2 is 2.06 bits per heavy atom. The van der Waals surface area contributed by atoms with Crippen molar-refractivity contribution < 1.29 is 4.74 Å². The molecule has 2 rings (SSSR count). The van der Waals surface area contributed by atoms with Crippen LogP contribution in [0.2, 0.25) is 0 Å². The molecule has 0 saturated carbocycles. The molecule has 0 amide bonds. The molecule has 16 heavy (non-hydrogen) atoms. The SMILES string of the molecule is CCCc1c(OC)ccc2c(=O)[nH]ccc12. The lowest BCUT2D eigenvalue weighted by atomic mass is 10.0. The minimum absolute atomic E-state index is 0.0440. The minimum atomic E-state index is -0.0440. The Bertz CT molecular complexity index is 557. The lowest BCUT2D eigenvalue weighted by Gasteiger charge is -2.10. The first-order valence-electron chi connectivity index (χ1n) is 5.45. The number of aromatic amines is 1. The predicted octanol–water partition coefficient (Wildman–Crippen LogP) is 2.49. The fourth-order valence-corrected chi connectivity index (χ4v) is 2.01. The molecule has 2 aromatic rings. The molecule has 0 atom stereocenters. The normalized spacial score (nSPS) is 10.6. The summed E-state index contributed by atoms with van der Waals surface area (Å²) in [5.41, 5.74) is 1.08. The number of pyridine rings is 1. The molecular formula is C13H15NO2. The number of aromatic nitrogens is 1. The van der Waals surface area contributed by atoms with Crippen molar-refractivity contribution in [1.82, 2.24) is 4.98 Å². The Labute approximate surface area is 94.1 Å². The Hall–Kier alpha value is -1.77. The van der Waals surface area contributed by atoms with E-state index in [1.807, 2.05) is 18.2 Å². The summed E-state index contributed by atoms with van der Waals surface area (Å²) in [4.78, 5) is 14.3. The monoisotopic (exact) mass is 217 g/mol. The summed E-state index contributed by atoms with van der Waals surface area (Å²) in [6, 6.07) is 5.61. The lowest BCUT2D eigenvalue weighted by molar-refractivity contribution is 0.410. The van der Waals surface area contributed by atoms with E-state index in [-0.39, 0.29) is 5.56 Å². The van der Waals surface area contributed by atoms with E-state index in [4.69, 9.17) is 4.74 Å².